The van der Waals surface area contributed by atoms with Gasteiger partial charge in [-0.1, -0.05) is 30.3 Å². The Balaban J connectivity index is 1.77. The van der Waals surface area contributed by atoms with E-state index in [1.807, 2.05) is 56.3 Å². The van der Waals surface area contributed by atoms with E-state index in [4.69, 9.17) is 4.74 Å². The second-order valence-corrected chi connectivity index (χ2v) is 6.15. The zero-order chi connectivity index (χ0) is 17.2. The zero-order valence-electron chi connectivity index (χ0n) is 14.0. The van der Waals surface area contributed by atoms with Crippen LogP contribution in [0.4, 0.5) is 0 Å². The molecule has 1 amide bonds. The number of benzene rings is 2. The number of hydrogen-bond acceptors (Lipinski definition) is 4. The maximum absolute atomic E-state index is 11.8. The van der Waals surface area contributed by atoms with Crippen LogP contribution in [0, 0.1) is 0 Å². The van der Waals surface area contributed by atoms with Gasteiger partial charge in [0.25, 0.3) is 0 Å². The molecule has 0 heterocycles. The summed E-state index contributed by atoms with van der Waals surface area (Å²) in [5.74, 6) is 1.93. The molecule has 2 rings (SSSR count). The van der Waals surface area contributed by atoms with Crippen molar-refractivity contribution in [3.63, 3.8) is 0 Å². The van der Waals surface area contributed by atoms with Crippen molar-refractivity contribution in [3.8, 4) is 5.75 Å². The third-order valence-electron chi connectivity index (χ3n) is 3.28. The average Bonchev–Trinajstić information content (AvgIpc) is 2.61. The largest absolute Gasteiger partial charge is 0.494 e. The topological polar surface area (TPSA) is 50.7 Å². The highest BCUT2D eigenvalue weighted by Crippen LogP contribution is 2.13. The first-order chi connectivity index (χ1) is 11.7. The lowest BCUT2D eigenvalue weighted by Gasteiger charge is -2.05. The van der Waals surface area contributed by atoms with E-state index in [0.717, 1.165) is 22.8 Å². The molecule has 0 aliphatic heterocycles. The number of carbonyl (C=O) groups excluding carboxylic acids is 1. The molecule has 1 N–H and O–H groups in total. The number of thioether (sulfide) groups is 1. The summed E-state index contributed by atoms with van der Waals surface area (Å²) in [5.41, 5.74) is 5.53. The number of carbonyl (C=O) groups is 1. The van der Waals surface area contributed by atoms with Gasteiger partial charge in [0.1, 0.15) is 5.75 Å². The molecule has 0 aliphatic rings. The molecule has 2 aromatic carbocycles. The molecule has 2 aromatic rings. The van der Waals surface area contributed by atoms with E-state index < -0.39 is 0 Å². The number of rotatable bonds is 8. The first-order valence-electron chi connectivity index (χ1n) is 7.87. The van der Waals surface area contributed by atoms with Crippen LogP contribution in [0.2, 0.25) is 0 Å². The Bertz CT molecular complexity index is 670. The maximum Gasteiger partial charge on any atom is 0.250 e. The summed E-state index contributed by atoms with van der Waals surface area (Å²) < 4.78 is 5.41. The van der Waals surface area contributed by atoms with Gasteiger partial charge in [-0.15, -0.1) is 11.8 Å². The van der Waals surface area contributed by atoms with E-state index >= 15 is 0 Å². The third-order valence-corrected chi connectivity index (χ3v) is 4.28. The van der Waals surface area contributed by atoms with Crippen LogP contribution in [0.15, 0.2) is 59.7 Å². The van der Waals surface area contributed by atoms with E-state index in [-0.39, 0.29) is 5.91 Å². The SMILES string of the molecule is CCOc1ccc(/C(C)=N\NC(=O)CSCc2ccccc2)cc1. The van der Waals surface area contributed by atoms with E-state index in [1.54, 1.807) is 11.8 Å². The van der Waals surface area contributed by atoms with Crippen molar-refractivity contribution in [3.05, 3.63) is 65.7 Å². The second kappa shape index (κ2) is 9.78. The van der Waals surface area contributed by atoms with Gasteiger partial charge in [-0.3, -0.25) is 4.79 Å². The van der Waals surface area contributed by atoms with Gasteiger partial charge in [-0.2, -0.15) is 5.10 Å². The molecule has 0 saturated heterocycles. The lowest BCUT2D eigenvalue weighted by atomic mass is 10.1. The first kappa shape index (κ1) is 18.1. The van der Waals surface area contributed by atoms with Gasteiger partial charge in [0.15, 0.2) is 0 Å². The molecule has 126 valence electrons. The summed E-state index contributed by atoms with van der Waals surface area (Å²) in [6, 6.07) is 17.8. The Kier molecular flexibility index (Phi) is 7.36. The van der Waals surface area contributed by atoms with Crippen molar-refractivity contribution < 1.29 is 9.53 Å². The summed E-state index contributed by atoms with van der Waals surface area (Å²) >= 11 is 1.57. The molecule has 4 nitrogen and oxygen atoms in total. The van der Waals surface area contributed by atoms with Crippen LogP contribution in [-0.2, 0) is 10.5 Å². The smallest absolute Gasteiger partial charge is 0.250 e. The molecule has 0 radical (unpaired) electrons. The van der Waals surface area contributed by atoms with Crippen molar-refractivity contribution in [2.75, 3.05) is 12.4 Å². The molecule has 0 saturated carbocycles. The minimum absolute atomic E-state index is 0.0961. The molecule has 0 atom stereocenters. The van der Waals surface area contributed by atoms with Gasteiger partial charge in [0, 0.05) is 5.75 Å². The van der Waals surface area contributed by atoms with Crippen LogP contribution < -0.4 is 10.2 Å². The fourth-order valence-electron chi connectivity index (χ4n) is 2.04. The standard InChI is InChI=1S/C19H22N2O2S/c1-3-23-18-11-9-17(10-12-18)15(2)20-21-19(22)14-24-13-16-7-5-4-6-8-16/h4-12H,3,13-14H2,1-2H3,(H,21,22)/b20-15-. The lowest BCUT2D eigenvalue weighted by molar-refractivity contribution is -0.118. The predicted octanol–water partition coefficient (Wildman–Crippen LogP) is 3.86. The van der Waals surface area contributed by atoms with Gasteiger partial charge in [0.2, 0.25) is 5.91 Å². The van der Waals surface area contributed by atoms with Crippen LogP contribution in [0.1, 0.15) is 25.0 Å². The summed E-state index contributed by atoms with van der Waals surface area (Å²) in [5, 5.41) is 4.16. The monoisotopic (exact) mass is 342 g/mol. The molecule has 0 fully saturated rings. The van der Waals surface area contributed by atoms with Crippen LogP contribution in [0.3, 0.4) is 0 Å². The first-order valence-corrected chi connectivity index (χ1v) is 9.02. The fraction of sp³-hybridized carbons (Fsp3) is 0.263. The number of ether oxygens (including phenoxy) is 1. The van der Waals surface area contributed by atoms with Crippen molar-refractivity contribution >= 4 is 23.4 Å². The van der Waals surface area contributed by atoms with Crippen LogP contribution in [0.5, 0.6) is 5.75 Å². The highest BCUT2D eigenvalue weighted by molar-refractivity contribution is 7.99. The molecule has 24 heavy (non-hydrogen) atoms. The Morgan fingerprint density at radius 3 is 2.50 bits per heavy atom. The average molecular weight is 342 g/mol. The minimum Gasteiger partial charge on any atom is -0.494 e. The second-order valence-electron chi connectivity index (χ2n) is 5.17. The molecule has 0 aliphatic carbocycles. The number of nitrogens with zero attached hydrogens (tertiary/aromatic N) is 1. The van der Waals surface area contributed by atoms with Crippen molar-refractivity contribution in [2.24, 2.45) is 5.10 Å². The highest BCUT2D eigenvalue weighted by Gasteiger charge is 2.03. The molecule has 0 spiro atoms. The van der Waals surface area contributed by atoms with E-state index in [2.05, 4.69) is 22.7 Å². The summed E-state index contributed by atoms with van der Waals surface area (Å²) in [4.78, 5) is 11.8. The summed E-state index contributed by atoms with van der Waals surface area (Å²) in [6.45, 7) is 4.46. The summed E-state index contributed by atoms with van der Waals surface area (Å²) in [7, 11) is 0. The molecule has 0 bridgehead atoms. The quantitative estimate of drug-likeness (QED) is 0.585. The van der Waals surface area contributed by atoms with Crippen LogP contribution >= 0.6 is 11.8 Å². The molecular formula is C19H22N2O2S. The van der Waals surface area contributed by atoms with E-state index in [1.165, 1.54) is 5.56 Å². The van der Waals surface area contributed by atoms with Gasteiger partial charge in [-0.05, 0) is 49.2 Å². The Morgan fingerprint density at radius 1 is 1.12 bits per heavy atom. The molecule has 0 unspecified atom stereocenters. The van der Waals surface area contributed by atoms with Crippen LogP contribution in [-0.4, -0.2) is 24.0 Å². The Labute approximate surface area is 147 Å². The van der Waals surface area contributed by atoms with Crippen LogP contribution in [0.25, 0.3) is 0 Å². The molecular weight excluding hydrogens is 320 g/mol. The predicted molar refractivity (Wildman–Crippen MR) is 101 cm³/mol. The van der Waals surface area contributed by atoms with Gasteiger partial charge in [-0.25, -0.2) is 5.43 Å². The number of hydrazone groups is 1. The van der Waals surface area contributed by atoms with E-state index in [0.29, 0.717) is 12.4 Å². The number of hydrogen-bond donors (Lipinski definition) is 1. The third kappa shape index (κ3) is 6.08. The molecule has 5 heteroatoms. The van der Waals surface area contributed by atoms with Gasteiger partial charge in [0.05, 0.1) is 18.1 Å². The Hall–Kier alpha value is -2.27. The summed E-state index contributed by atoms with van der Waals surface area (Å²) in [6.07, 6.45) is 0. The van der Waals surface area contributed by atoms with Gasteiger partial charge < -0.3 is 4.74 Å². The zero-order valence-corrected chi connectivity index (χ0v) is 14.8. The minimum atomic E-state index is -0.0961. The van der Waals surface area contributed by atoms with Crippen molar-refractivity contribution in [1.29, 1.82) is 0 Å². The Morgan fingerprint density at radius 2 is 1.83 bits per heavy atom. The fourth-order valence-corrected chi connectivity index (χ4v) is 2.82. The number of nitrogens with one attached hydrogen (secondary N) is 1. The van der Waals surface area contributed by atoms with E-state index in [9.17, 15) is 4.79 Å². The highest BCUT2D eigenvalue weighted by atomic mass is 32.2. The number of amides is 1. The van der Waals surface area contributed by atoms with Crippen molar-refractivity contribution in [2.45, 2.75) is 19.6 Å². The van der Waals surface area contributed by atoms with Gasteiger partial charge >= 0.3 is 0 Å². The molecule has 0 aromatic heterocycles. The maximum atomic E-state index is 11.8. The normalized spacial score (nSPS) is 11.2. The lowest BCUT2D eigenvalue weighted by Crippen LogP contribution is -2.21. The van der Waals surface area contributed by atoms with Crippen molar-refractivity contribution in [1.82, 2.24) is 5.43 Å².